The van der Waals surface area contributed by atoms with Crippen molar-refractivity contribution in [3.8, 4) is 0 Å². The lowest BCUT2D eigenvalue weighted by Gasteiger charge is -2.15. The van der Waals surface area contributed by atoms with Crippen LogP contribution in [0.5, 0.6) is 0 Å². The van der Waals surface area contributed by atoms with Gasteiger partial charge in [0.1, 0.15) is 0 Å². The third-order valence-corrected chi connectivity index (χ3v) is 3.35. The molecule has 0 spiro atoms. The van der Waals surface area contributed by atoms with Crippen molar-refractivity contribution in [3.63, 3.8) is 0 Å². The van der Waals surface area contributed by atoms with Crippen molar-refractivity contribution in [1.82, 2.24) is 5.32 Å². The van der Waals surface area contributed by atoms with Gasteiger partial charge in [0, 0.05) is 6.54 Å². The monoisotopic (exact) mass is 189 g/mol. The summed E-state index contributed by atoms with van der Waals surface area (Å²) in [4.78, 5) is 0. The Kier molecular flexibility index (Phi) is 2.60. The first-order valence-electron chi connectivity index (χ1n) is 5.47. The molecule has 0 bridgehead atoms. The molecule has 1 nitrogen and oxygen atoms in total. The van der Waals surface area contributed by atoms with Crippen LogP contribution in [-0.2, 0) is 0 Å². The Morgan fingerprint density at radius 1 is 1.21 bits per heavy atom. The number of aryl methyl sites for hydroxylation is 2. The van der Waals surface area contributed by atoms with Gasteiger partial charge in [-0.2, -0.15) is 0 Å². The maximum atomic E-state index is 3.44. The molecule has 1 aliphatic rings. The van der Waals surface area contributed by atoms with Crippen LogP contribution in [-0.4, -0.2) is 13.1 Å². The average Bonchev–Trinajstić information content (AvgIpc) is 2.63. The molecular formula is C13H19N. The van der Waals surface area contributed by atoms with Crippen molar-refractivity contribution in [3.05, 3.63) is 34.4 Å². The van der Waals surface area contributed by atoms with Gasteiger partial charge in [0.2, 0.25) is 0 Å². The second-order valence-electron chi connectivity index (χ2n) is 4.49. The quantitative estimate of drug-likeness (QED) is 0.716. The summed E-state index contributed by atoms with van der Waals surface area (Å²) in [5.41, 5.74) is 5.89. The maximum Gasteiger partial charge on any atom is 0.00207 e. The molecule has 1 atom stereocenters. The van der Waals surface area contributed by atoms with Crippen molar-refractivity contribution in [2.24, 2.45) is 0 Å². The van der Waals surface area contributed by atoms with Crippen LogP contribution >= 0.6 is 0 Å². The first-order chi connectivity index (χ1) is 6.68. The van der Waals surface area contributed by atoms with E-state index in [4.69, 9.17) is 0 Å². The van der Waals surface area contributed by atoms with Gasteiger partial charge in [-0.05, 0) is 56.3 Å². The average molecular weight is 189 g/mol. The van der Waals surface area contributed by atoms with Gasteiger partial charge >= 0.3 is 0 Å². The molecule has 0 radical (unpaired) electrons. The molecule has 1 unspecified atom stereocenters. The highest BCUT2D eigenvalue weighted by Crippen LogP contribution is 2.28. The summed E-state index contributed by atoms with van der Waals surface area (Å²) in [7, 11) is 0. The minimum Gasteiger partial charge on any atom is -0.316 e. The predicted octanol–water partition coefficient (Wildman–Crippen LogP) is 2.69. The summed E-state index contributed by atoms with van der Waals surface area (Å²) >= 11 is 0. The molecule has 0 aliphatic carbocycles. The molecule has 1 saturated heterocycles. The highest BCUT2D eigenvalue weighted by Gasteiger charge is 2.18. The van der Waals surface area contributed by atoms with E-state index in [2.05, 4.69) is 38.2 Å². The lowest BCUT2D eigenvalue weighted by atomic mass is 9.90. The number of hydrogen-bond donors (Lipinski definition) is 1. The van der Waals surface area contributed by atoms with E-state index in [0.717, 1.165) is 12.5 Å². The summed E-state index contributed by atoms with van der Waals surface area (Å²) in [5, 5.41) is 3.44. The molecule has 2 rings (SSSR count). The zero-order chi connectivity index (χ0) is 10.1. The van der Waals surface area contributed by atoms with Crippen LogP contribution < -0.4 is 5.32 Å². The molecular weight excluding hydrogens is 170 g/mol. The van der Waals surface area contributed by atoms with Crippen molar-refractivity contribution in [1.29, 1.82) is 0 Å². The molecule has 1 heteroatoms. The molecule has 0 amide bonds. The van der Waals surface area contributed by atoms with Crippen LogP contribution in [0.4, 0.5) is 0 Å². The van der Waals surface area contributed by atoms with Gasteiger partial charge in [-0.3, -0.25) is 0 Å². The summed E-state index contributed by atoms with van der Waals surface area (Å²) in [6, 6.07) is 4.64. The molecule has 1 aromatic rings. The van der Waals surface area contributed by atoms with Gasteiger partial charge in [0.15, 0.2) is 0 Å². The van der Waals surface area contributed by atoms with Crippen molar-refractivity contribution >= 4 is 0 Å². The van der Waals surface area contributed by atoms with E-state index in [9.17, 15) is 0 Å². The van der Waals surface area contributed by atoms with Gasteiger partial charge < -0.3 is 5.32 Å². The molecule has 76 valence electrons. The minimum absolute atomic E-state index is 0.744. The zero-order valence-corrected chi connectivity index (χ0v) is 9.35. The van der Waals surface area contributed by atoms with E-state index < -0.39 is 0 Å². The number of nitrogens with one attached hydrogen (secondary N) is 1. The van der Waals surface area contributed by atoms with Gasteiger partial charge in [0.05, 0.1) is 0 Å². The van der Waals surface area contributed by atoms with E-state index in [1.807, 2.05) is 0 Å². The molecule has 14 heavy (non-hydrogen) atoms. The van der Waals surface area contributed by atoms with E-state index in [1.54, 1.807) is 5.56 Å². The van der Waals surface area contributed by atoms with Gasteiger partial charge in [-0.1, -0.05) is 17.7 Å². The third-order valence-electron chi connectivity index (χ3n) is 3.35. The maximum absolute atomic E-state index is 3.44. The van der Waals surface area contributed by atoms with Gasteiger partial charge in [-0.15, -0.1) is 0 Å². The Morgan fingerprint density at radius 3 is 2.64 bits per heavy atom. The Balaban J connectivity index is 2.40. The molecule has 0 aromatic heterocycles. The summed E-state index contributed by atoms with van der Waals surface area (Å²) < 4.78 is 0. The fourth-order valence-electron chi connectivity index (χ4n) is 2.42. The molecule has 0 saturated carbocycles. The van der Waals surface area contributed by atoms with E-state index >= 15 is 0 Å². The van der Waals surface area contributed by atoms with E-state index in [0.29, 0.717) is 0 Å². The molecule has 1 N–H and O–H groups in total. The van der Waals surface area contributed by atoms with Gasteiger partial charge in [0.25, 0.3) is 0 Å². The predicted molar refractivity (Wildman–Crippen MR) is 60.9 cm³/mol. The van der Waals surface area contributed by atoms with E-state index in [-0.39, 0.29) is 0 Å². The summed E-state index contributed by atoms with van der Waals surface area (Å²) in [6.07, 6.45) is 1.30. The Hall–Kier alpha value is -0.820. The van der Waals surface area contributed by atoms with Crippen LogP contribution in [0.2, 0.25) is 0 Å². The lowest BCUT2D eigenvalue weighted by Crippen LogP contribution is -2.09. The second kappa shape index (κ2) is 3.74. The largest absolute Gasteiger partial charge is 0.316 e. The van der Waals surface area contributed by atoms with Crippen molar-refractivity contribution < 1.29 is 0 Å². The fourth-order valence-corrected chi connectivity index (χ4v) is 2.42. The molecule has 1 aliphatic heterocycles. The highest BCUT2D eigenvalue weighted by molar-refractivity contribution is 5.39. The van der Waals surface area contributed by atoms with Crippen LogP contribution in [0.1, 0.15) is 34.6 Å². The molecule has 1 fully saturated rings. The van der Waals surface area contributed by atoms with Crippen molar-refractivity contribution in [2.75, 3.05) is 13.1 Å². The minimum atomic E-state index is 0.744. The standard InChI is InChI=1S/C13H19N/c1-9-6-10(2)11(3)13(7-9)12-4-5-14-8-12/h6-7,12,14H,4-5,8H2,1-3H3. The lowest BCUT2D eigenvalue weighted by molar-refractivity contribution is 0.755. The highest BCUT2D eigenvalue weighted by atomic mass is 14.9. The SMILES string of the molecule is Cc1cc(C)c(C)c(C2CCNC2)c1. The third kappa shape index (κ3) is 1.69. The number of rotatable bonds is 1. The Bertz CT molecular complexity index is 335. The van der Waals surface area contributed by atoms with E-state index in [1.165, 1.54) is 29.7 Å². The topological polar surface area (TPSA) is 12.0 Å². The zero-order valence-electron chi connectivity index (χ0n) is 9.35. The molecule has 1 aromatic carbocycles. The van der Waals surface area contributed by atoms with Gasteiger partial charge in [-0.25, -0.2) is 0 Å². The second-order valence-corrected chi connectivity index (χ2v) is 4.49. The number of hydrogen-bond acceptors (Lipinski definition) is 1. The summed E-state index contributed by atoms with van der Waals surface area (Å²) in [5.74, 6) is 0.744. The molecule has 1 heterocycles. The first kappa shape index (κ1) is 9.72. The van der Waals surface area contributed by atoms with Crippen LogP contribution in [0.25, 0.3) is 0 Å². The Morgan fingerprint density at radius 2 is 2.00 bits per heavy atom. The fraction of sp³-hybridized carbons (Fsp3) is 0.538. The Labute approximate surface area is 86.5 Å². The van der Waals surface area contributed by atoms with Crippen LogP contribution in [0.3, 0.4) is 0 Å². The normalized spacial score (nSPS) is 21.5. The van der Waals surface area contributed by atoms with Crippen LogP contribution in [0, 0.1) is 20.8 Å². The first-order valence-corrected chi connectivity index (χ1v) is 5.47. The van der Waals surface area contributed by atoms with Crippen LogP contribution in [0.15, 0.2) is 12.1 Å². The number of benzene rings is 1. The van der Waals surface area contributed by atoms with Crippen molar-refractivity contribution in [2.45, 2.75) is 33.1 Å². The smallest absolute Gasteiger partial charge is 0.00207 e. The summed E-state index contributed by atoms with van der Waals surface area (Å²) in [6.45, 7) is 9.00.